The van der Waals surface area contributed by atoms with Crippen molar-refractivity contribution in [2.24, 2.45) is 11.3 Å². The number of benzene rings is 1. The van der Waals surface area contributed by atoms with Crippen LogP contribution in [0.2, 0.25) is 0 Å². The van der Waals surface area contributed by atoms with E-state index >= 15 is 0 Å². The van der Waals surface area contributed by atoms with E-state index < -0.39 is 11.4 Å². The molecular formula is C16H23NO3. The molecule has 0 aromatic heterocycles. The molecule has 4 heteroatoms. The van der Waals surface area contributed by atoms with E-state index in [2.05, 4.69) is 5.32 Å². The van der Waals surface area contributed by atoms with Crippen LogP contribution in [0, 0.1) is 25.2 Å². The van der Waals surface area contributed by atoms with Gasteiger partial charge in [-0.2, -0.15) is 0 Å². The number of hydrogen-bond donors (Lipinski definition) is 2. The smallest absolute Gasteiger partial charge is 0.310 e. The fraction of sp³-hybridized carbons (Fsp3) is 0.500. The first-order chi connectivity index (χ1) is 9.16. The Bertz CT molecular complexity index is 522. The van der Waals surface area contributed by atoms with Crippen molar-refractivity contribution in [3.05, 3.63) is 29.3 Å². The van der Waals surface area contributed by atoms with Crippen LogP contribution in [0.4, 0.5) is 5.69 Å². The molecule has 20 heavy (non-hydrogen) atoms. The van der Waals surface area contributed by atoms with Gasteiger partial charge in [-0.15, -0.1) is 0 Å². The van der Waals surface area contributed by atoms with Gasteiger partial charge in [0.1, 0.15) is 0 Å². The van der Waals surface area contributed by atoms with Crippen molar-refractivity contribution in [2.45, 2.75) is 41.0 Å². The fourth-order valence-corrected chi connectivity index (χ4v) is 2.01. The van der Waals surface area contributed by atoms with E-state index in [0.29, 0.717) is 0 Å². The molecule has 0 spiro atoms. The van der Waals surface area contributed by atoms with E-state index in [1.165, 1.54) is 0 Å². The summed E-state index contributed by atoms with van der Waals surface area (Å²) in [6, 6.07) is 5.74. The molecule has 1 unspecified atom stereocenters. The van der Waals surface area contributed by atoms with Gasteiger partial charge in [0.25, 0.3) is 0 Å². The first kappa shape index (κ1) is 16.2. The highest BCUT2D eigenvalue weighted by atomic mass is 16.4. The third kappa shape index (κ3) is 3.59. The number of hydrogen-bond acceptors (Lipinski definition) is 2. The molecule has 0 bridgehead atoms. The van der Waals surface area contributed by atoms with E-state index in [9.17, 15) is 14.7 Å². The quantitative estimate of drug-likeness (QED) is 0.867. The molecule has 0 fully saturated rings. The van der Waals surface area contributed by atoms with E-state index in [1.807, 2.05) is 45.9 Å². The molecule has 0 aliphatic heterocycles. The van der Waals surface area contributed by atoms with Crippen molar-refractivity contribution < 1.29 is 14.7 Å². The molecular weight excluding hydrogens is 254 g/mol. The number of carboxylic acid groups (broad SMARTS) is 1. The minimum Gasteiger partial charge on any atom is -0.481 e. The summed E-state index contributed by atoms with van der Waals surface area (Å²) >= 11 is 0. The van der Waals surface area contributed by atoms with Crippen LogP contribution in [0.3, 0.4) is 0 Å². The number of aryl methyl sites for hydroxylation is 2. The highest BCUT2D eigenvalue weighted by molar-refractivity contribution is 5.94. The number of rotatable bonds is 5. The summed E-state index contributed by atoms with van der Waals surface area (Å²) < 4.78 is 0. The van der Waals surface area contributed by atoms with Crippen LogP contribution >= 0.6 is 0 Å². The zero-order chi connectivity index (χ0) is 15.5. The molecule has 1 amide bonds. The Morgan fingerprint density at radius 1 is 1.30 bits per heavy atom. The second-order valence-electron chi connectivity index (χ2n) is 5.92. The molecule has 1 rings (SSSR count). The number of carbonyl (C=O) groups excluding carboxylic acids is 1. The summed E-state index contributed by atoms with van der Waals surface area (Å²) in [5.41, 5.74) is 1.78. The lowest BCUT2D eigenvalue weighted by Gasteiger charge is -2.28. The van der Waals surface area contributed by atoms with Crippen LogP contribution in [0.15, 0.2) is 18.2 Å². The summed E-state index contributed by atoms with van der Waals surface area (Å²) in [5.74, 6) is -1.33. The molecule has 0 radical (unpaired) electrons. The first-order valence-electron chi connectivity index (χ1n) is 6.77. The third-order valence-electron chi connectivity index (χ3n) is 3.95. The Labute approximate surface area is 120 Å². The Morgan fingerprint density at radius 3 is 2.35 bits per heavy atom. The van der Waals surface area contributed by atoms with E-state index in [0.717, 1.165) is 16.8 Å². The molecule has 0 aliphatic carbocycles. The van der Waals surface area contributed by atoms with Gasteiger partial charge in [0.15, 0.2) is 0 Å². The van der Waals surface area contributed by atoms with Crippen LogP contribution in [0.25, 0.3) is 0 Å². The molecule has 1 aromatic carbocycles. The molecule has 4 nitrogen and oxygen atoms in total. The largest absolute Gasteiger partial charge is 0.481 e. The van der Waals surface area contributed by atoms with Gasteiger partial charge >= 0.3 is 5.97 Å². The van der Waals surface area contributed by atoms with Crippen LogP contribution < -0.4 is 5.32 Å². The van der Waals surface area contributed by atoms with Crippen LogP contribution in [0.1, 0.15) is 38.3 Å². The molecule has 1 aromatic rings. The topological polar surface area (TPSA) is 66.4 Å². The van der Waals surface area contributed by atoms with Crippen molar-refractivity contribution >= 4 is 17.6 Å². The molecule has 110 valence electrons. The second kappa shape index (κ2) is 6.07. The maximum Gasteiger partial charge on any atom is 0.310 e. The molecule has 0 saturated carbocycles. The Balaban J connectivity index is 2.84. The number of nitrogens with one attached hydrogen (secondary N) is 1. The SMILES string of the molecule is Cc1ccc(NC(=O)CC(C)(C(=O)O)C(C)C)c(C)c1. The summed E-state index contributed by atoms with van der Waals surface area (Å²) in [7, 11) is 0. The average molecular weight is 277 g/mol. The van der Waals surface area contributed by atoms with E-state index in [1.54, 1.807) is 6.92 Å². The van der Waals surface area contributed by atoms with Crippen LogP contribution in [0.5, 0.6) is 0 Å². The average Bonchev–Trinajstić information content (AvgIpc) is 2.32. The molecule has 2 N–H and O–H groups in total. The number of anilines is 1. The Kier molecular flexibility index (Phi) is 4.93. The number of amides is 1. The minimum atomic E-state index is -1.05. The third-order valence-corrected chi connectivity index (χ3v) is 3.95. The zero-order valence-corrected chi connectivity index (χ0v) is 12.8. The molecule has 0 saturated heterocycles. The van der Waals surface area contributed by atoms with Gasteiger partial charge in [0, 0.05) is 12.1 Å². The molecule has 0 aliphatic rings. The van der Waals surface area contributed by atoms with Crippen molar-refractivity contribution in [3.8, 4) is 0 Å². The van der Waals surface area contributed by atoms with Crippen molar-refractivity contribution in [1.29, 1.82) is 0 Å². The summed E-state index contributed by atoms with van der Waals surface area (Å²) in [5, 5.41) is 12.1. The monoisotopic (exact) mass is 277 g/mol. The lowest BCUT2D eigenvalue weighted by Crippen LogP contribution is -2.37. The van der Waals surface area contributed by atoms with Gasteiger partial charge in [-0.1, -0.05) is 31.5 Å². The van der Waals surface area contributed by atoms with Gasteiger partial charge in [0.2, 0.25) is 5.91 Å². The van der Waals surface area contributed by atoms with E-state index in [-0.39, 0.29) is 18.2 Å². The number of carbonyl (C=O) groups is 2. The maximum absolute atomic E-state index is 12.1. The van der Waals surface area contributed by atoms with Crippen LogP contribution in [-0.4, -0.2) is 17.0 Å². The second-order valence-corrected chi connectivity index (χ2v) is 5.92. The van der Waals surface area contributed by atoms with Crippen molar-refractivity contribution in [1.82, 2.24) is 0 Å². The van der Waals surface area contributed by atoms with Crippen molar-refractivity contribution in [3.63, 3.8) is 0 Å². The van der Waals surface area contributed by atoms with Gasteiger partial charge < -0.3 is 10.4 Å². The van der Waals surface area contributed by atoms with E-state index in [4.69, 9.17) is 0 Å². The predicted molar refractivity (Wildman–Crippen MR) is 79.7 cm³/mol. The fourth-order valence-electron chi connectivity index (χ4n) is 2.01. The normalized spacial score (nSPS) is 13.9. The zero-order valence-electron chi connectivity index (χ0n) is 12.8. The summed E-state index contributed by atoms with van der Waals surface area (Å²) in [4.78, 5) is 23.5. The lowest BCUT2D eigenvalue weighted by atomic mass is 9.76. The maximum atomic E-state index is 12.1. The Hall–Kier alpha value is -1.84. The predicted octanol–water partition coefficient (Wildman–Crippen LogP) is 3.38. The summed E-state index contributed by atoms with van der Waals surface area (Å²) in [6.07, 6.45) is -0.0344. The number of aliphatic carboxylic acids is 1. The van der Waals surface area contributed by atoms with Crippen LogP contribution in [-0.2, 0) is 9.59 Å². The molecule has 0 heterocycles. The van der Waals surface area contributed by atoms with Gasteiger partial charge in [-0.25, -0.2) is 0 Å². The standard InChI is InChI=1S/C16H23NO3/c1-10(2)16(5,15(19)20)9-14(18)17-13-7-6-11(3)8-12(13)4/h6-8,10H,9H2,1-5H3,(H,17,18)(H,19,20). The van der Waals surface area contributed by atoms with Gasteiger partial charge in [0.05, 0.1) is 5.41 Å². The highest BCUT2D eigenvalue weighted by Crippen LogP contribution is 2.32. The lowest BCUT2D eigenvalue weighted by molar-refractivity contribution is -0.153. The van der Waals surface area contributed by atoms with Crippen molar-refractivity contribution in [2.75, 3.05) is 5.32 Å². The minimum absolute atomic E-state index is 0.0344. The first-order valence-corrected chi connectivity index (χ1v) is 6.77. The van der Waals surface area contributed by atoms with Gasteiger partial charge in [-0.3, -0.25) is 9.59 Å². The van der Waals surface area contributed by atoms with Gasteiger partial charge in [-0.05, 0) is 38.3 Å². The highest BCUT2D eigenvalue weighted by Gasteiger charge is 2.38. The molecule has 1 atom stereocenters. The Morgan fingerprint density at radius 2 is 1.90 bits per heavy atom. The number of carboxylic acids is 1. The summed E-state index contributed by atoms with van der Waals surface area (Å²) in [6.45, 7) is 9.15.